The molecular formula is C17H22N2O. The Morgan fingerprint density at radius 2 is 1.60 bits per heavy atom. The van der Waals surface area contributed by atoms with Gasteiger partial charge in [0, 0.05) is 18.4 Å². The Bertz CT molecular complexity index is 459. The Morgan fingerprint density at radius 1 is 1.00 bits per heavy atom. The third-order valence-electron chi connectivity index (χ3n) is 3.32. The molecule has 1 aromatic carbocycles. The maximum Gasteiger partial charge on any atom is 0.0579 e. The van der Waals surface area contributed by atoms with E-state index in [2.05, 4.69) is 29.4 Å². The lowest BCUT2D eigenvalue weighted by Crippen LogP contribution is -2.33. The SMILES string of the molecule is CC(O)CC(C)NC(c1ccccc1)c1ccncc1. The lowest BCUT2D eigenvalue weighted by molar-refractivity contribution is 0.169. The van der Waals surface area contributed by atoms with E-state index in [1.165, 1.54) is 11.1 Å². The van der Waals surface area contributed by atoms with Crippen LogP contribution in [-0.2, 0) is 0 Å². The Hall–Kier alpha value is -1.71. The molecular weight excluding hydrogens is 248 g/mol. The van der Waals surface area contributed by atoms with Crippen molar-refractivity contribution in [2.24, 2.45) is 0 Å². The smallest absolute Gasteiger partial charge is 0.0579 e. The molecule has 0 radical (unpaired) electrons. The van der Waals surface area contributed by atoms with Gasteiger partial charge in [0.1, 0.15) is 0 Å². The summed E-state index contributed by atoms with van der Waals surface area (Å²) in [4.78, 5) is 4.08. The molecule has 0 fully saturated rings. The van der Waals surface area contributed by atoms with E-state index in [-0.39, 0.29) is 18.2 Å². The van der Waals surface area contributed by atoms with Crippen molar-refractivity contribution in [1.29, 1.82) is 0 Å². The zero-order valence-corrected chi connectivity index (χ0v) is 12.0. The molecule has 3 unspecified atom stereocenters. The summed E-state index contributed by atoms with van der Waals surface area (Å²) in [7, 11) is 0. The molecule has 2 aromatic rings. The topological polar surface area (TPSA) is 45.1 Å². The number of nitrogens with one attached hydrogen (secondary N) is 1. The van der Waals surface area contributed by atoms with Gasteiger partial charge in [0.25, 0.3) is 0 Å². The maximum absolute atomic E-state index is 9.53. The molecule has 0 saturated carbocycles. The number of benzene rings is 1. The van der Waals surface area contributed by atoms with Crippen LogP contribution in [0.1, 0.15) is 37.4 Å². The van der Waals surface area contributed by atoms with Crippen LogP contribution in [0.25, 0.3) is 0 Å². The molecule has 0 aliphatic rings. The molecule has 106 valence electrons. The van der Waals surface area contributed by atoms with Crippen LogP contribution in [0, 0.1) is 0 Å². The average Bonchev–Trinajstić information content (AvgIpc) is 2.46. The summed E-state index contributed by atoms with van der Waals surface area (Å²) in [6.07, 6.45) is 4.05. The second-order valence-corrected chi connectivity index (χ2v) is 5.28. The third-order valence-corrected chi connectivity index (χ3v) is 3.32. The zero-order valence-electron chi connectivity index (χ0n) is 12.0. The second kappa shape index (κ2) is 7.17. The van der Waals surface area contributed by atoms with Crippen LogP contribution >= 0.6 is 0 Å². The highest BCUT2D eigenvalue weighted by Gasteiger charge is 2.17. The standard InChI is InChI=1S/C17H22N2O/c1-13(12-14(2)20)19-17(15-6-4-3-5-7-15)16-8-10-18-11-9-16/h3-11,13-14,17,19-20H,12H2,1-2H3. The number of nitrogens with zero attached hydrogens (tertiary/aromatic N) is 1. The Kier molecular flexibility index (Phi) is 5.27. The molecule has 2 rings (SSSR count). The van der Waals surface area contributed by atoms with Gasteiger partial charge in [0.15, 0.2) is 0 Å². The largest absolute Gasteiger partial charge is 0.393 e. The predicted octanol–water partition coefficient (Wildman–Crippen LogP) is 2.92. The molecule has 0 amide bonds. The van der Waals surface area contributed by atoms with Crippen molar-refractivity contribution < 1.29 is 5.11 Å². The highest BCUT2D eigenvalue weighted by atomic mass is 16.3. The van der Waals surface area contributed by atoms with Gasteiger partial charge in [-0.15, -0.1) is 0 Å². The van der Waals surface area contributed by atoms with E-state index in [4.69, 9.17) is 0 Å². The molecule has 0 spiro atoms. The van der Waals surface area contributed by atoms with Crippen LogP contribution in [-0.4, -0.2) is 22.2 Å². The number of aromatic nitrogens is 1. The van der Waals surface area contributed by atoms with Gasteiger partial charge in [-0.1, -0.05) is 30.3 Å². The first-order valence-corrected chi connectivity index (χ1v) is 7.06. The molecule has 3 atom stereocenters. The van der Waals surface area contributed by atoms with Crippen molar-refractivity contribution in [3.05, 3.63) is 66.0 Å². The van der Waals surface area contributed by atoms with Gasteiger partial charge in [-0.3, -0.25) is 4.98 Å². The minimum Gasteiger partial charge on any atom is -0.393 e. The van der Waals surface area contributed by atoms with E-state index < -0.39 is 0 Å². The van der Waals surface area contributed by atoms with Gasteiger partial charge in [-0.25, -0.2) is 0 Å². The molecule has 20 heavy (non-hydrogen) atoms. The number of rotatable bonds is 6. The molecule has 1 heterocycles. The predicted molar refractivity (Wildman–Crippen MR) is 81.4 cm³/mol. The second-order valence-electron chi connectivity index (χ2n) is 5.28. The summed E-state index contributed by atoms with van der Waals surface area (Å²) in [5.74, 6) is 0. The molecule has 1 aromatic heterocycles. The van der Waals surface area contributed by atoms with E-state index in [9.17, 15) is 5.11 Å². The van der Waals surface area contributed by atoms with Gasteiger partial charge in [0.05, 0.1) is 12.1 Å². The van der Waals surface area contributed by atoms with Crippen molar-refractivity contribution >= 4 is 0 Å². The minimum atomic E-state index is -0.300. The summed E-state index contributed by atoms with van der Waals surface area (Å²) in [5.41, 5.74) is 2.40. The van der Waals surface area contributed by atoms with Gasteiger partial charge in [-0.2, -0.15) is 0 Å². The number of hydrogen-bond acceptors (Lipinski definition) is 3. The minimum absolute atomic E-state index is 0.118. The summed E-state index contributed by atoms with van der Waals surface area (Å²) < 4.78 is 0. The maximum atomic E-state index is 9.53. The van der Waals surface area contributed by atoms with Crippen LogP contribution in [0.15, 0.2) is 54.9 Å². The van der Waals surface area contributed by atoms with Crippen molar-refractivity contribution in [1.82, 2.24) is 10.3 Å². The summed E-state index contributed by atoms with van der Waals surface area (Å²) in [6.45, 7) is 3.92. The van der Waals surface area contributed by atoms with E-state index >= 15 is 0 Å². The fourth-order valence-electron chi connectivity index (χ4n) is 2.45. The van der Waals surface area contributed by atoms with E-state index in [1.807, 2.05) is 49.6 Å². The fraction of sp³-hybridized carbons (Fsp3) is 0.353. The first-order chi connectivity index (χ1) is 9.66. The van der Waals surface area contributed by atoms with Crippen LogP contribution in [0.4, 0.5) is 0 Å². The third kappa shape index (κ3) is 4.15. The van der Waals surface area contributed by atoms with Crippen LogP contribution < -0.4 is 5.32 Å². The van der Waals surface area contributed by atoms with Crippen molar-refractivity contribution in [2.45, 2.75) is 38.5 Å². The molecule has 0 bridgehead atoms. The first kappa shape index (κ1) is 14.7. The highest BCUT2D eigenvalue weighted by Crippen LogP contribution is 2.22. The Labute approximate surface area is 120 Å². The first-order valence-electron chi connectivity index (χ1n) is 7.06. The fourth-order valence-corrected chi connectivity index (χ4v) is 2.45. The van der Waals surface area contributed by atoms with Crippen LogP contribution in [0.3, 0.4) is 0 Å². The molecule has 3 heteroatoms. The van der Waals surface area contributed by atoms with Crippen molar-refractivity contribution in [2.75, 3.05) is 0 Å². The van der Waals surface area contributed by atoms with E-state index in [0.29, 0.717) is 0 Å². The van der Waals surface area contributed by atoms with E-state index in [0.717, 1.165) is 6.42 Å². The van der Waals surface area contributed by atoms with Crippen molar-refractivity contribution in [3.63, 3.8) is 0 Å². The Morgan fingerprint density at radius 3 is 2.20 bits per heavy atom. The van der Waals surface area contributed by atoms with Gasteiger partial charge >= 0.3 is 0 Å². The van der Waals surface area contributed by atoms with Crippen LogP contribution in [0.2, 0.25) is 0 Å². The number of hydrogen-bond donors (Lipinski definition) is 2. The number of pyridine rings is 1. The number of aliphatic hydroxyl groups excluding tert-OH is 1. The summed E-state index contributed by atoms with van der Waals surface area (Å²) in [6, 6.07) is 14.8. The molecule has 3 nitrogen and oxygen atoms in total. The van der Waals surface area contributed by atoms with Gasteiger partial charge in [-0.05, 0) is 43.5 Å². The monoisotopic (exact) mass is 270 g/mol. The lowest BCUT2D eigenvalue weighted by Gasteiger charge is -2.25. The Balaban J connectivity index is 2.21. The average molecular weight is 270 g/mol. The number of aliphatic hydroxyl groups is 1. The quantitative estimate of drug-likeness (QED) is 0.848. The summed E-state index contributed by atoms with van der Waals surface area (Å²) in [5, 5.41) is 13.1. The van der Waals surface area contributed by atoms with Gasteiger partial charge < -0.3 is 10.4 Å². The van der Waals surface area contributed by atoms with Gasteiger partial charge in [0.2, 0.25) is 0 Å². The zero-order chi connectivity index (χ0) is 14.4. The highest BCUT2D eigenvalue weighted by molar-refractivity contribution is 5.30. The van der Waals surface area contributed by atoms with E-state index in [1.54, 1.807) is 0 Å². The summed E-state index contributed by atoms with van der Waals surface area (Å²) >= 11 is 0. The molecule has 0 aliphatic carbocycles. The van der Waals surface area contributed by atoms with Crippen LogP contribution in [0.5, 0.6) is 0 Å². The molecule has 0 aliphatic heterocycles. The normalized spacial score (nSPS) is 15.6. The molecule has 0 saturated heterocycles. The van der Waals surface area contributed by atoms with Crippen molar-refractivity contribution in [3.8, 4) is 0 Å². The molecule has 2 N–H and O–H groups in total. The lowest BCUT2D eigenvalue weighted by atomic mass is 9.98.